The molecule has 0 spiro atoms. The number of unbranched alkanes of at least 4 members (excludes halogenated alkanes) is 4. The molecule has 1 rings (SSSR count). The van der Waals surface area contributed by atoms with Gasteiger partial charge in [-0.05, 0) is 70.1 Å². The zero-order chi connectivity index (χ0) is 28.9. The average molecular weight is 532 g/mol. The molecule has 216 valence electrons. The summed E-state index contributed by atoms with van der Waals surface area (Å²) in [6.45, 7) is 18.6. The highest BCUT2D eigenvalue weighted by Crippen LogP contribution is 2.29. The van der Waals surface area contributed by atoms with Crippen LogP contribution in [0.25, 0.3) is 0 Å². The van der Waals surface area contributed by atoms with E-state index in [1.807, 2.05) is 45.9 Å². The monoisotopic (exact) mass is 531 g/mol. The molecule has 3 unspecified atom stereocenters. The molecule has 0 bridgehead atoms. The molecule has 0 saturated heterocycles. The van der Waals surface area contributed by atoms with Gasteiger partial charge in [-0.2, -0.15) is 0 Å². The van der Waals surface area contributed by atoms with Crippen LogP contribution in [0.5, 0.6) is 0 Å². The zero-order valence-corrected chi connectivity index (χ0v) is 25.4. The third-order valence-corrected chi connectivity index (χ3v) is 7.02. The molecular formula is C31H53N3O4. The standard InChI is InChI=1S/C31H53N3O4/c1-10-13-15-20-32-28(35)27(25-19-17-18-23(5)24(25)6)34(21-16-14-11-2)29(36)26(22(4)12-3)33-30(37)38-31(7,8)9/h17-19,22,26-27H,10-16,20-21H2,1-9H3,(H,32,35)(H,33,37). The number of alkyl carbamates (subject to hydrolysis) is 1. The smallest absolute Gasteiger partial charge is 0.408 e. The first kappa shape index (κ1) is 33.5. The van der Waals surface area contributed by atoms with Crippen LogP contribution in [-0.2, 0) is 14.3 Å². The van der Waals surface area contributed by atoms with Gasteiger partial charge in [0.15, 0.2) is 0 Å². The molecule has 3 amide bonds. The number of nitrogens with zero attached hydrogens (tertiary/aromatic N) is 1. The second-order valence-electron chi connectivity index (χ2n) is 11.4. The molecule has 0 fully saturated rings. The van der Waals surface area contributed by atoms with E-state index in [0.717, 1.165) is 55.2 Å². The summed E-state index contributed by atoms with van der Waals surface area (Å²) in [4.78, 5) is 42.6. The van der Waals surface area contributed by atoms with E-state index in [2.05, 4.69) is 24.5 Å². The molecule has 1 aromatic rings. The lowest BCUT2D eigenvalue weighted by atomic mass is 9.92. The van der Waals surface area contributed by atoms with Crippen LogP contribution in [0.1, 0.15) is 116 Å². The van der Waals surface area contributed by atoms with Gasteiger partial charge >= 0.3 is 6.09 Å². The normalized spacial score (nSPS) is 13.8. The summed E-state index contributed by atoms with van der Waals surface area (Å²) >= 11 is 0. The van der Waals surface area contributed by atoms with E-state index in [-0.39, 0.29) is 17.7 Å². The highest BCUT2D eigenvalue weighted by Gasteiger charge is 2.38. The summed E-state index contributed by atoms with van der Waals surface area (Å²) in [5.41, 5.74) is 2.20. The molecule has 0 radical (unpaired) electrons. The molecule has 2 N–H and O–H groups in total. The minimum absolute atomic E-state index is 0.143. The minimum Gasteiger partial charge on any atom is -0.444 e. The van der Waals surface area contributed by atoms with Crippen LogP contribution < -0.4 is 10.6 Å². The fraction of sp³-hybridized carbons (Fsp3) is 0.710. The largest absolute Gasteiger partial charge is 0.444 e. The summed E-state index contributed by atoms with van der Waals surface area (Å²) < 4.78 is 5.49. The van der Waals surface area contributed by atoms with Crippen molar-refractivity contribution in [2.24, 2.45) is 5.92 Å². The first-order valence-corrected chi connectivity index (χ1v) is 14.5. The number of ether oxygens (including phenoxy) is 1. The lowest BCUT2D eigenvalue weighted by Gasteiger charge is -2.36. The van der Waals surface area contributed by atoms with Gasteiger partial charge in [-0.15, -0.1) is 0 Å². The molecule has 1 aromatic carbocycles. The van der Waals surface area contributed by atoms with Gasteiger partial charge in [-0.3, -0.25) is 9.59 Å². The predicted octanol–water partition coefficient (Wildman–Crippen LogP) is 6.61. The fourth-order valence-electron chi connectivity index (χ4n) is 4.40. The molecule has 0 aliphatic carbocycles. The van der Waals surface area contributed by atoms with Crippen molar-refractivity contribution in [2.45, 2.75) is 125 Å². The van der Waals surface area contributed by atoms with Crippen LogP contribution in [0.15, 0.2) is 18.2 Å². The van der Waals surface area contributed by atoms with E-state index in [0.29, 0.717) is 19.5 Å². The lowest BCUT2D eigenvalue weighted by Crippen LogP contribution is -2.55. The van der Waals surface area contributed by atoms with E-state index >= 15 is 0 Å². The van der Waals surface area contributed by atoms with Crippen molar-refractivity contribution in [1.29, 1.82) is 0 Å². The summed E-state index contributed by atoms with van der Waals surface area (Å²) in [6, 6.07) is 4.31. The van der Waals surface area contributed by atoms with E-state index in [1.54, 1.807) is 25.7 Å². The molecule has 0 aliphatic rings. The second kappa shape index (κ2) is 16.4. The Bertz CT molecular complexity index is 894. The molecule has 7 nitrogen and oxygen atoms in total. The Morgan fingerprint density at radius 1 is 0.974 bits per heavy atom. The van der Waals surface area contributed by atoms with E-state index in [9.17, 15) is 14.4 Å². The summed E-state index contributed by atoms with van der Waals surface area (Å²) in [5, 5.41) is 5.94. The number of nitrogens with one attached hydrogen (secondary N) is 2. The zero-order valence-electron chi connectivity index (χ0n) is 25.4. The quantitative estimate of drug-likeness (QED) is 0.249. The van der Waals surface area contributed by atoms with Crippen molar-refractivity contribution in [3.8, 4) is 0 Å². The highest BCUT2D eigenvalue weighted by atomic mass is 16.6. The number of rotatable bonds is 15. The van der Waals surface area contributed by atoms with Gasteiger partial charge in [0.1, 0.15) is 17.7 Å². The van der Waals surface area contributed by atoms with Crippen molar-refractivity contribution >= 4 is 17.9 Å². The fourth-order valence-corrected chi connectivity index (χ4v) is 4.40. The summed E-state index contributed by atoms with van der Waals surface area (Å²) in [6.07, 6.45) is 5.74. The van der Waals surface area contributed by atoms with Gasteiger partial charge in [0.2, 0.25) is 11.8 Å². The Balaban J connectivity index is 3.54. The number of aryl methyl sites for hydroxylation is 1. The van der Waals surface area contributed by atoms with Crippen LogP contribution in [0.2, 0.25) is 0 Å². The average Bonchev–Trinajstić information content (AvgIpc) is 2.85. The van der Waals surface area contributed by atoms with E-state index in [1.165, 1.54) is 0 Å². The van der Waals surface area contributed by atoms with Crippen LogP contribution in [0.3, 0.4) is 0 Å². The van der Waals surface area contributed by atoms with Crippen molar-refractivity contribution < 1.29 is 19.1 Å². The maximum Gasteiger partial charge on any atom is 0.408 e. The Hall–Kier alpha value is -2.57. The molecule has 0 aliphatic heterocycles. The Morgan fingerprint density at radius 2 is 1.61 bits per heavy atom. The van der Waals surface area contributed by atoms with E-state index < -0.39 is 23.8 Å². The molecule has 38 heavy (non-hydrogen) atoms. The number of hydrogen-bond donors (Lipinski definition) is 2. The van der Waals surface area contributed by atoms with Gasteiger partial charge in [0.25, 0.3) is 0 Å². The van der Waals surface area contributed by atoms with Crippen LogP contribution in [-0.4, -0.2) is 47.5 Å². The van der Waals surface area contributed by atoms with Crippen molar-refractivity contribution in [3.63, 3.8) is 0 Å². The van der Waals surface area contributed by atoms with E-state index in [4.69, 9.17) is 4.74 Å². The molecular weight excluding hydrogens is 478 g/mol. The van der Waals surface area contributed by atoms with Crippen molar-refractivity contribution in [3.05, 3.63) is 34.9 Å². The van der Waals surface area contributed by atoms with Crippen molar-refractivity contribution in [2.75, 3.05) is 13.1 Å². The van der Waals surface area contributed by atoms with Crippen LogP contribution in [0, 0.1) is 19.8 Å². The minimum atomic E-state index is -0.808. The number of benzene rings is 1. The van der Waals surface area contributed by atoms with Gasteiger partial charge < -0.3 is 20.3 Å². The maximum atomic E-state index is 14.3. The first-order chi connectivity index (χ1) is 17.9. The SMILES string of the molecule is CCCCCNC(=O)C(c1cccc(C)c1C)N(CCCCC)C(=O)C(NC(=O)OC(C)(C)C)C(C)CC. The molecule has 0 aromatic heterocycles. The van der Waals surface area contributed by atoms with Gasteiger partial charge in [-0.25, -0.2) is 4.79 Å². The van der Waals surface area contributed by atoms with Crippen LogP contribution in [0.4, 0.5) is 4.79 Å². The summed E-state index contributed by atoms with van der Waals surface area (Å²) in [5.74, 6) is -0.577. The second-order valence-corrected chi connectivity index (χ2v) is 11.4. The lowest BCUT2D eigenvalue weighted by molar-refractivity contribution is -0.143. The highest BCUT2D eigenvalue weighted by molar-refractivity contribution is 5.92. The first-order valence-electron chi connectivity index (χ1n) is 14.5. The number of carbonyl (C=O) groups excluding carboxylic acids is 3. The molecule has 0 saturated carbocycles. The van der Waals surface area contributed by atoms with Crippen LogP contribution >= 0.6 is 0 Å². The van der Waals surface area contributed by atoms with Gasteiger partial charge in [-0.1, -0.05) is 78.0 Å². The number of amides is 3. The van der Waals surface area contributed by atoms with Gasteiger partial charge in [0, 0.05) is 13.1 Å². The van der Waals surface area contributed by atoms with Gasteiger partial charge in [0.05, 0.1) is 0 Å². The number of carbonyl (C=O) groups is 3. The topological polar surface area (TPSA) is 87.7 Å². The number of hydrogen-bond acceptors (Lipinski definition) is 4. The Morgan fingerprint density at radius 3 is 2.18 bits per heavy atom. The Kier molecular flexibility index (Phi) is 14.4. The maximum absolute atomic E-state index is 14.3. The molecule has 7 heteroatoms. The summed E-state index contributed by atoms with van der Waals surface area (Å²) in [7, 11) is 0. The third-order valence-electron chi connectivity index (χ3n) is 7.02. The third kappa shape index (κ3) is 10.7. The molecule has 3 atom stereocenters. The predicted molar refractivity (Wildman–Crippen MR) is 155 cm³/mol. The Labute approximate surface area is 231 Å². The molecule has 0 heterocycles. The van der Waals surface area contributed by atoms with Crippen molar-refractivity contribution in [1.82, 2.24) is 15.5 Å².